The molecule has 5 nitrogen and oxygen atoms in total. The van der Waals surface area contributed by atoms with Crippen LogP contribution in [0.4, 0.5) is 5.82 Å². The van der Waals surface area contributed by atoms with Crippen molar-refractivity contribution in [2.24, 2.45) is 0 Å². The molecule has 6 heteroatoms. The Morgan fingerprint density at radius 2 is 2.00 bits per heavy atom. The summed E-state index contributed by atoms with van der Waals surface area (Å²) < 4.78 is 5.23. The van der Waals surface area contributed by atoms with E-state index in [9.17, 15) is 4.79 Å². The highest BCUT2D eigenvalue weighted by Gasteiger charge is 2.29. The molecule has 0 aliphatic heterocycles. The van der Waals surface area contributed by atoms with Crippen LogP contribution in [0.5, 0.6) is 0 Å². The summed E-state index contributed by atoms with van der Waals surface area (Å²) in [4.78, 5) is 20.4. The predicted molar refractivity (Wildman–Crippen MR) is 82.5 cm³/mol. The Morgan fingerprint density at radius 3 is 2.67 bits per heavy atom. The van der Waals surface area contributed by atoms with E-state index in [2.05, 4.69) is 16.9 Å². The van der Waals surface area contributed by atoms with E-state index in [4.69, 9.17) is 22.1 Å². The number of hydrogen-bond donors (Lipinski definition) is 1. The number of carbonyl (C=O) groups is 1. The van der Waals surface area contributed by atoms with Crippen LogP contribution in [0.15, 0.2) is 0 Å². The first-order chi connectivity index (χ1) is 10.1. The van der Waals surface area contributed by atoms with Gasteiger partial charge in [0.15, 0.2) is 5.69 Å². The lowest BCUT2D eigenvalue weighted by Crippen LogP contribution is -2.13. The number of anilines is 1. The average Bonchev–Trinajstić information content (AvgIpc) is 3.29. The molecule has 1 saturated carbocycles. The van der Waals surface area contributed by atoms with Crippen LogP contribution in [0, 0.1) is 0 Å². The average molecular weight is 312 g/mol. The first kappa shape index (κ1) is 16.0. The number of rotatable bonds is 8. The van der Waals surface area contributed by atoms with Gasteiger partial charge in [-0.25, -0.2) is 14.8 Å². The number of nitrogens with two attached hydrogens (primary N) is 1. The molecule has 1 aliphatic carbocycles. The highest BCUT2D eigenvalue weighted by Crippen LogP contribution is 2.39. The number of hydrogen-bond acceptors (Lipinski definition) is 5. The third-order valence-electron chi connectivity index (χ3n) is 3.51. The Balaban J connectivity index is 1.89. The van der Waals surface area contributed by atoms with Crippen molar-refractivity contribution in [1.29, 1.82) is 0 Å². The summed E-state index contributed by atoms with van der Waals surface area (Å²) in [6.07, 6.45) is 7.57. The zero-order valence-corrected chi connectivity index (χ0v) is 13.2. The van der Waals surface area contributed by atoms with Gasteiger partial charge in [0.25, 0.3) is 0 Å². The second-order valence-electron chi connectivity index (χ2n) is 5.45. The van der Waals surface area contributed by atoms with Crippen LogP contribution in [0.1, 0.15) is 74.1 Å². The van der Waals surface area contributed by atoms with Crippen molar-refractivity contribution in [3.63, 3.8) is 0 Å². The molecule has 0 amide bonds. The molecule has 2 N–H and O–H groups in total. The molecular weight excluding hydrogens is 290 g/mol. The van der Waals surface area contributed by atoms with E-state index in [1.54, 1.807) is 0 Å². The number of carbonyl (C=O) groups excluding carboxylic acids is 1. The van der Waals surface area contributed by atoms with E-state index in [-0.39, 0.29) is 16.5 Å². The second-order valence-corrected chi connectivity index (χ2v) is 5.83. The van der Waals surface area contributed by atoms with Crippen LogP contribution in [0.3, 0.4) is 0 Å². The molecule has 21 heavy (non-hydrogen) atoms. The molecule has 0 saturated heterocycles. The van der Waals surface area contributed by atoms with Crippen LogP contribution < -0.4 is 5.73 Å². The van der Waals surface area contributed by atoms with Crippen LogP contribution in [-0.2, 0) is 4.74 Å². The maximum absolute atomic E-state index is 12.0. The van der Waals surface area contributed by atoms with Crippen LogP contribution >= 0.6 is 11.6 Å². The lowest BCUT2D eigenvalue weighted by Gasteiger charge is -2.08. The van der Waals surface area contributed by atoms with Crippen molar-refractivity contribution in [2.75, 3.05) is 12.3 Å². The van der Waals surface area contributed by atoms with Gasteiger partial charge in [-0.05, 0) is 19.3 Å². The number of ether oxygens (including phenoxy) is 1. The van der Waals surface area contributed by atoms with Gasteiger partial charge in [0.2, 0.25) is 0 Å². The summed E-state index contributed by atoms with van der Waals surface area (Å²) in [5.74, 6) is 0.562. The molecule has 0 bridgehead atoms. The van der Waals surface area contributed by atoms with Gasteiger partial charge in [-0.3, -0.25) is 0 Å². The molecule has 0 spiro atoms. The number of aromatic nitrogens is 2. The highest BCUT2D eigenvalue weighted by atomic mass is 35.5. The van der Waals surface area contributed by atoms with Crippen molar-refractivity contribution in [1.82, 2.24) is 9.97 Å². The Bertz CT molecular complexity index is 504. The van der Waals surface area contributed by atoms with Crippen molar-refractivity contribution in [3.05, 3.63) is 16.5 Å². The molecule has 116 valence electrons. The normalized spacial score (nSPS) is 14.2. The van der Waals surface area contributed by atoms with Gasteiger partial charge in [0, 0.05) is 5.92 Å². The minimum absolute atomic E-state index is 0.0929. The van der Waals surface area contributed by atoms with Crippen molar-refractivity contribution in [2.45, 2.75) is 57.8 Å². The lowest BCUT2D eigenvalue weighted by molar-refractivity contribution is 0.0490. The molecule has 1 aromatic heterocycles. The fourth-order valence-electron chi connectivity index (χ4n) is 2.08. The number of esters is 1. The number of nitrogens with zero attached hydrogens (tertiary/aromatic N) is 2. The Kier molecular flexibility index (Phi) is 5.79. The van der Waals surface area contributed by atoms with E-state index >= 15 is 0 Å². The summed E-state index contributed by atoms with van der Waals surface area (Å²) in [5, 5.41) is 0.0929. The van der Waals surface area contributed by atoms with Crippen LogP contribution in [0.25, 0.3) is 0 Å². The predicted octanol–water partition coefficient (Wildman–Crippen LogP) is 3.72. The van der Waals surface area contributed by atoms with Gasteiger partial charge in [-0.1, -0.05) is 44.2 Å². The van der Waals surface area contributed by atoms with E-state index in [1.807, 2.05) is 0 Å². The number of nitrogen functional groups attached to an aromatic ring is 1. The van der Waals surface area contributed by atoms with Crippen molar-refractivity contribution >= 4 is 23.4 Å². The number of unbranched alkanes of at least 4 members (excludes halogenated alkanes) is 4. The quantitative estimate of drug-likeness (QED) is 0.585. The summed E-state index contributed by atoms with van der Waals surface area (Å²) in [5.41, 5.74) is 5.84. The Morgan fingerprint density at radius 1 is 1.29 bits per heavy atom. The van der Waals surface area contributed by atoms with Gasteiger partial charge in [0.1, 0.15) is 16.7 Å². The summed E-state index contributed by atoms with van der Waals surface area (Å²) in [7, 11) is 0. The zero-order valence-electron chi connectivity index (χ0n) is 12.4. The van der Waals surface area contributed by atoms with Crippen molar-refractivity contribution in [3.8, 4) is 0 Å². The minimum Gasteiger partial charge on any atom is -0.461 e. The first-order valence-electron chi connectivity index (χ1n) is 7.63. The number of halogens is 1. The fourth-order valence-corrected chi connectivity index (χ4v) is 2.24. The first-order valence-corrected chi connectivity index (χ1v) is 8.01. The molecular formula is C15H22ClN3O2. The standard InChI is InChI=1S/C15H22ClN3O2/c1-2-3-4-5-6-9-21-15(20)12-11(16)13(17)19-14(18-12)10-7-8-10/h10H,2-9H2,1H3,(H2,17,18,19). The maximum Gasteiger partial charge on any atom is 0.358 e. The SMILES string of the molecule is CCCCCCCOC(=O)c1nc(C2CC2)nc(N)c1Cl. The van der Waals surface area contributed by atoms with Gasteiger partial charge in [0.05, 0.1) is 6.61 Å². The molecule has 0 radical (unpaired) electrons. The molecule has 1 heterocycles. The molecule has 0 unspecified atom stereocenters. The fraction of sp³-hybridized carbons (Fsp3) is 0.667. The summed E-state index contributed by atoms with van der Waals surface area (Å²) in [6, 6.07) is 0. The largest absolute Gasteiger partial charge is 0.461 e. The van der Waals surface area contributed by atoms with Crippen molar-refractivity contribution < 1.29 is 9.53 Å². The molecule has 2 rings (SSSR count). The minimum atomic E-state index is -0.508. The van der Waals surface area contributed by atoms with Gasteiger partial charge < -0.3 is 10.5 Å². The second kappa shape index (κ2) is 7.59. The molecule has 0 atom stereocenters. The monoisotopic (exact) mass is 311 g/mol. The molecule has 1 aliphatic rings. The summed E-state index contributed by atoms with van der Waals surface area (Å²) >= 11 is 6.02. The van der Waals surface area contributed by atoms with E-state index in [0.29, 0.717) is 18.3 Å². The van der Waals surface area contributed by atoms with E-state index in [1.165, 1.54) is 19.3 Å². The van der Waals surface area contributed by atoms with Crippen LogP contribution in [-0.4, -0.2) is 22.5 Å². The van der Waals surface area contributed by atoms with Gasteiger partial charge in [-0.2, -0.15) is 0 Å². The molecule has 1 aromatic rings. The van der Waals surface area contributed by atoms with E-state index < -0.39 is 5.97 Å². The molecule has 1 fully saturated rings. The summed E-state index contributed by atoms with van der Waals surface area (Å²) in [6.45, 7) is 2.56. The third kappa shape index (κ3) is 4.56. The smallest absolute Gasteiger partial charge is 0.358 e. The molecule has 0 aromatic carbocycles. The third-order valence-corrected chi connectivity index (χ3v) is 3.88. The maximum atomic E-state index is 12.0. The highest BCUT2D eigenvalue weighted by molar-refractivity contribution is 6.35. The Labute approximate surface area is 130 Å². The van der Waals surface area contributed by atoms with Gasteiger partial charge in [-0.15, -0.1) is 0 Å². The Hall–Kier alpha value is -1.36. The van der Waals surface area contributed by atoms with Crippen LogP contribution in [0.2, 0.25) is 5.02 Å². The van der Waals surface area contributed by atoms with E-state index in [0.717, 1.165) is 25.7 Å². The lowest BCUT2D eigenvalue weighted by atomic mass is 10.2. The van der Waals surface area contributed by atoms with Gasteiger partial charge >= 0.3 is 5.97 Å². The zero-order chi connectivity index (χ0) is 15.2. The topological polar surface area (TPSA) is 78.1 Å².